The summed E-state index contributed by atoms with van der Waals surface area (Å²) >= 11 is 1.77. The van der Waals surface area contributed by atoms with Crippen LogP contribution < -0.4 is 11.1 Å². The molecule has 0 radical (unpaired) electrons. The Morgan fingerprint density at radius 1 is 1.35 bits per heavy atom. The molecule has 3 N–H and O–H groups in total. The molecule has 2 aromatic rings. The molecule has 5 nitrogen and oxygen atoms in total. The van der Waals surface area contributed by atoms with E-state index in [4.69, 9.17) is 5.73 Å². The van der Waals surface area contributed by atoms with Crippen molar-refractivity contribution in [3.63, 3.8) is 0 Å². The number of hydrogen-bond donors (Lipinski definition) is 2. The Morgan fingerprint density at radius 2 is 2.12 bits per heavy atom. The molecular weight excluding hydrogens is 344 g/mol. The van der Waals surface area contributed by atoms with Gasteiger partial charge in [0, 0.05) is 23.7 Å². The highest BCUT2D eigenvalue weighted by Gasteiger charge is 2.21. The van der Waals surface area contributed by atoms with Gasteiger partial charge in [0.25, 0.3) is 0 Å². The summed E-state index contributed by atoms with van der Waals surface area (Å²) < 4.78 is 0. The van der Waals surface area contributed by atoms with Gasteiger partial charge in [-0.1, -0.05) is 26.0 Å². The minimum atomic E-state index is 0.0127. The first-order chi connectivity index (χ1) is 12.6. The normalized spacial score (nSPS) is 15.5. The molecule has 138 valence electrons. The lowest BCUT2D eigenvalue weighted by molar-refractivity contribution is -0.130. The minimum Gasteiger partial charge on any atom is -0.370 e. The molecule has 2 heterocycles. The number of nitrogens with one attached hydrogen (secondary N) is 1. The molecule has 3 rings (SSSR count). The third-order valence-corrected chi connectivity index (χ3v) is 5.93. The number of thiophene rings is 1. The summed E-state index contributed by atoms with van der Waals surface area (Å²) in [6.07, 6.45) is 2.04. The van der Waals surface area contributed by atoms with Crippen molar-refractivity contribution in [3.05, 3.63) is 51.7 Å². The van der Waals surface area contributed by atoms with Crippen LogP contribution >= 0.6 is 11.3 Å². The number of benzene rings is 1. The topological polar surface area (TPSA) is 70.7 Å². The summed E-state index contributed by atoms with van der Waals surface area (Å²) in [5.74, 6) is 0.822. The molecule has 0 fully saturated rings. The van der Waals surface area contributed by atoms with Gasteiger partial charge in [-0.2, -0.15) is 0 Å². The monoisotopic (exact) mass is 370 g/mol. The highest BCUT2D eigenvalue weighted by molar-refractivity contribution is 7.10. The highest BCUT2D eigenvalue weighted by Crippen LogP contribution is 2.24. The lowest BCUT2D eigenvalue weighted by Crippen LogP contribution is -2.37. The largest absolute Gasteiger partial charge is 0.370 e. The molecule has 1 aromatic carbocycles. The van der Waals surface area contributed by atoms with Crippen LogP contribution in [-0.4, -0.2) is 29.9 Å². The lowest BCUT2D eigenvalue weighted by Gasteiger charge is -2.26. The van der Waals surface area contributed by atoms with Gasteiger partial charge in [0.2, 0.25) is 5.91 Å². The smallest absolute Gasteiger partial charge is 0.244 e. The SMILES string of the molecule is CCC(C)c1ccc(NC(N)=NCC(=O)N2CCc3sccc3C2)cc1. The van der Waals surface area contributed by atoms with Crippen LogP contribution in [0.5, 0.6) is 0 Å². The van der Waals surface area contributed by atoms with Gasteiger partial charge in [-0.15, -0.1) is 11.3 Å². The van der Waals surface area contributed by atoms with Gasteiger partial charge in [0.1, 0.15) is 6.54 Å². The van der Waals surface area contributed by atoms with E-state index in [0.29, 0.717) is 12.5 Å². The van der Waals surface area contributed by atoms with Crippen molar-refractivity contribution in [1.82, 2.24) is 4.90 Å². The van der Waals surface area contributed by atoms with Crippen molar-refractivity contribution in [2.24, 2.45) is 10.7 Å². The second-order valence-electron chi connectivity index (χ2n) is 6.69. The predicted molar refractivity (Wildman–Crippen MR) is 109 cm³/mol. The number of fused-ring (bicyclic) bond motifs is 1. The number of carbonyl (C=O) groups is 1. The Balaban J connectivity index is 1.52. The number of nitrogens with two attached hydrogens (primary N) is 1. The van der Waals surface area contributed by atoms with E-state index in [-0.39, 0.29) is 18.4 Å². The zero-order valence-corrected chi connectivity index (χ0v) is 16.2. The second kappa shape index (κ2) is 8.36. The van der Waals surface area contributed by atoms with Crippen LogP contribution in [-0.2, 0) is 17.8 Å². The van der Waals surface area contributed by atoms with Crippen molar-refractivity contribution in [3.8, 4) is 0 Å². The van der Waals surface area contributed by atoms with Crippen LogP contribution in [0.4, 0.5) is 5.69 Å². The third kappa shape index (κ3) is 4.43. The Hall–Kier alpha value is -2.34. The molecule has 0 saturated carbocycles. The van der Waals surface area contributed by atoms with Gasteiger partial charge >= 0.3 is 0 Å². The molecule has 0 aliphatic carbocycles. The predicted octanol–water partition coefficient (Wildman–Crippen LogP) is 3.57. The molecule has 6 heteroatoms. The fourth-order valence-corrected chi connectivity index (χ4v) is 3.92. The number of hydrogen-bond acceptors (Lipinski definition) is 3. The second-order valence-corrected chi connectivity index (χ2v) is 7.69. The average Bonchev–Trinajstić information content (AvgIpc) is 3.13. The van der Waals surface area contributed by atoms with E-state index in [9.17, 15) is 4.79 Å². The summed E-state index contributed by atoms with van der Waals surface area (Å²) in [5.41, 5.74) is 9.38. The summed E-state index contributed by atoms with van der Waals surface area (Å²) in [4.78, 5) is 19.8. The van der Waals surface area contributed by atoms with Gasteiger partial charge in [0.05, 0.1) is 0 Å². The molecule has 1 atom stereocenters. The Morgan fingerprint density at radius 3 is 2.85 bits per heavy atom. The molecule has 0 saturated heterocycles. The Bertz CT molecular complexity index is 781. The maximum Gasteiger partial charge on any atom is 0.244 e. The van der Waals surface area contributed by atoms with E-state index < -0.39 is 0 Å². The van der Waals surface area contributed by atoms with Crippen LogP contribution in [0.15, 0.2) is 40.7 Å². The molecule has 0 spiro atoms. The summed E-state index contributed by atoms with van der Waals surface area (Å²) in [5, 5.41) is 5.14. The first-order valence-electron chi connectivity index (χ1n) is 9.06. The van der Waals surface area contributed by atoms with Gasteiger partial charge < -0.3 is 16.0 Å². The molecule has 1 amide bonds. The van der Waals surface area contributed by atoms with Crippen LogP contribution in [0.2, 0.25) is 0 Å². The number of aliphatic imine (C=N–C) groups is 1. The van der Waals surface area contributed by atoms with Gasteiger partial charge in [-0.05, 0) is 53.5 Å². The van der Waals surface area contributed by atoms with E-state index in [1.807, 2.05) is 17.0 Å². The van der Waals surface area contributed by atoms with E-state index in [1.165, 1.54) is 16.0 Å². The van der Waals surface area contributed by atoms with Gasteiger partial charge in [0.15, 0.2) is 5.96 Å². The van der Waals surface area contributed by atoms with Crippen LogP contribution in [0, 0.1) is 0 Å². The van der Waals surface area contributed by atoms with Crippen molar-refractivity contribution in [1.29, 1.82) is 0 Å². The van der Waals surface area contributed by atoms with E-state index in [1.54, 1.807) is 11.3 Å². The maximum atomic E-state index is 12.4. The number of anilines is 1. The third-order valence-electron chi connectivity index (χ3n) is 4.91. The zero-order valence-electron chi connectivity index (χ0n) is 15.4. The molecule has 0 bridgehead atoms. The van der Waals surface area contributed by atoms with Crippen LogP contribution in [0.1, 0.15) is 42.2 Å². The van der Waals surface area contributed by atoms with Crippen LogP contribution in [0.3, 0.4) is 0 Å². The number of guanidine groups is 1. The number of carbonyl (C=O) groups excluding carboxylic acids is 1. The molecular formula is C20H26N4OS. The van der Waals surface area contributed by atoms with E-state index in [0.717, 1.165) is 25.1 Å². The molecule has 1 aromatic heterocycles. The number of amides is 1. The molecule has 1 unspecified atom stereocenters. The minimum absolute atomic E-state index is 0.0127. The lowest BCUT2D eigenvalue weighted by atomic mass is 9.99. The average molecular weight is 371 g/mol. The Labute approximate surface area is 158 Å². The van der Waals surface area contributed by atoms with E-state index in [2.05, 4.69) is 47.7 Å². The number of rotatable bonds is 5. The quantitative estimate of drug-likeness (QED) is 0.624. The van der Waals surface area contributed by atoms with Crippen molar-refractivity contribution in [2.75, 3.05) is 18.4 Å². The summed E-state index contributed by atoms with van der Waals surface area (Å²) in [7, 11) is 0. The fraction of sp³-hybridized carbons (Fsp3) is 0.400. The first-order valence-corrected chi connectivity index (χ1v) is 9.94. The van der Waals surface area contributed by atoms with Crippen LogP contribution in [0.25, 0.3) is 0 Å². The van der Waals surface area contributed by atoms with Gasteiger partial charge in [-0.25, -0.2) is 4.99 Å². The van der Waals surface area contributed by atoms with Gasteiger partial charge in [-0.3, -0.25) is 4.79 Å². The molecule has 1 aliphatic heterocycles. The highest BCUT2D eigenvalue weighted by atomic mass is 32.1. The van der Waals surface area contributed by atoms with E-state index >= 15 is 0 Å². The van der Waals surface area contributed by atoms with Crippen molar-refractivity contribution < 1.29 is 4.79 Å². The molecule has 1 aliphatic rings. The summed E-state index contributed by atoms with van der Waals surface area (Å²) in [6.45, 7) is 5.90. The summed E-state index contributed by atoms with van der Waals surface area (Å²) in [6, 6.07) is 10.3. The zero-order chi connectivity index (χ0) is 18.5. The molecule has 26 heavy (non-hydrogen) atoms. The number of nitrogens with zero attached hydrogens (tertiary/aromatic N) is 2. The maximum absolute atomic E-state index is 12.4. The standard InChI is InChI=1S/C20H26N4OS/c1-3-14(2)15-4-6-17(7-5-15)23-20(21)22-12-19(25)24-10-8-18-16(13-24)9-11-26-18/h4-7,9,11,14H,3,8,10,12-13H2,1-2H3,(H3,21,22,23). The fourth-order valence-electron chi connectivity index (χ4n) is 3.03. The first kappa shape index (κ1) is 18.5. The Kier molecular flexibility index (Phi) is 5.93. The van der Waals surface area contributed by atoms with Crippen molar-refractivity contribution in [2.45, 2.75) is 39.2 Å². The van der Waals surface area contributed by atoms with Crippen molar-refractivity contribution >= 4 is 28.9 Å².